The van der Waals surface area contributed by atoms with Crippen LogP contribution in [0.25, 0.3) is 0 Å². The predicted octanol–water partition coefficient (Wildman–Crippen LogP) is -0.870. The number of ether oxygens (including phenoxy) is 1. The highest BCUT2D eigenvalue weighted by Crippen LogP contribution is 2.01. The molecule has 0 aromatic rings. The van der Waals surface area contributed by atoms with Crippen LogP contribution in [0, 0.1) is 5.92 Å². The molecule has 1 unspecified atom stereocenters. The first-order chi connectivity index (χ1) is 5.24. The van der Waals surface area contributed by atoms with E-state index in [9.17, 15) is 4.79 Å². The van der Waals surface area contributed by atoms with E-state index in [1.165, 1.54) is 0 Å². The Labute approximate surface area is 65.5 Å². The van der Waals surface area contributed by atoms with Crippen molar-refractivity contribution in [3.05, 3.63) is 0 Å². The van der Waals surface area contributed by atoms with E-state index in [2.05, 4.69) is 5.32 Å². The van der Waals surface area contributed by atoms with Crippen molar-refractivity contribution in [3.63, 3.8) is 0 Å². The van der Waals surface area contributed by atoms with Gasteiger partial charge in [-0.05, 0) is 0 Å². The van der Waals surface area contributed by atoms with Crippen LogP contribution in [0.2, 0.25) is 0 Å². The third-order valence-corrected chi connectivity index (χ3v) is 1.71. The largest absolute Gasteiger partial charge is 0.396 e. The number of aliphatic hydroxyl groups is 1. The molecule has 0 aliphatic carbocycles. The first kappa shape index (κ1) is 8.49. The van der Waals surface area contributed by atoms with Crippen molar-refractivity contribution in [2.75, 3.05) is 19.8 Å². The summed E-state index contributed by atoms with van der Waals surface area (Å²) in [5, 5.41) is 11.4. The summed E-state index contributed by atoms with van der Waals surface area (Å²) >= 11 is 0. The van der Waals surface area contributed by atoms with Gasteiger partial charge in [0.2, 0.25) is 5.91 Å². The smallest absolute Gasteiger partial charge is 0.225 e. The SMILES string of the molecule is CC(CO)C(=O)NC1COC1. The highest BCUT2D eigenvalue weighted by molar-refractivity contribution is 5.78. The van der Waals surface area contributed by atoms with E-state index >= 15 is 0 Å². The van der Waals surface area contributed by atoms with E-state index in [1.54, 1.807) is 6.92 Å². The van der Waals surface area contributed by atoms with Gasteiger partial charge in [0, 0.05) is 0 Å². The normalized spacial score (nSPS) is 20.5. The number of nitrogens with one attached hydrogen (secondary N) is 1. The summed E-state index contributed by atoms with van der Waals surface area (Å²) in [5.41, 5.74) is 0. The molecule has 4 heteroatoms. The summed E-state index contributed by atoms with van der Waals surface area (Å²) in [6.07, 6.45) is 0. The summed E-state index contributed by atoms with van der Waals surface area (Å²) in [5.74, 6) is -0.406. The van der Waals surface area contributed by atoms with Gasteiger partial charge in [-0.2, -0.15) is 0 Å². The van der Waals surface area contributed by atoms with Crippen LogP contribution in [-0.2, 0) is 9.53 Å². The predicted molar refractivity (Wildman–Crippen MR) is 39.0 cm³/mol. The van der Waals surface area contributed by atoms with Crippen molar-refractivity contribution in [1.82, 2.24) is 5.32 Å². The van der Waals surface area contributed by atoms with Crippen molar-refractivity contribution < 1.29 is 14.6 Å². The van der Waals surface area contributed by atoms with Crippen LogP contribution in [0.5, 0.6) is 0 Å². The summed E-state index contributed by atoms with van der Waals surface area (Å²) < 4.78 is 4.87. The maximum atomic E-state index is 11.1. The second-order valence-electron chi connectivity index (χ2n) is 2.83. The van der Waals surface area contributed by atoms with Gasteiger partial charge in [0.1, 0.15) is 0 Å². The van der Waals surface area contributed by atoms with Gasteiger partial charge in [0.25, 0.3) is 0 Å². The molecule has 4 nitrogen and oxygen atoms in total. The van der Waals surface area contributed by atoms with Gasteiger partial charge in [-0.25, -0.2) is 0 Å². The van der Waals surface area contributed by atoms with Crippen LogP contribution in [-0.4, -0.2) is 36.9 Å². The molecule has 2 N–H and O–H groups in total. The van der Waals surface area contributed by atoms with Crippen molar-refractivity contribution in [2.24, 2.45) is 5.92 Å². The number of carbonyl (C=O) groups excluding carboxylic acids is 1. The molecular weight excluding hydrogens is 146 g/mol. The molecule has 0 bridgehead atoms. The van der Waals surface area contributed by atoms with Crippen molar-refractivity contribution >= 4 is 5.91 Å². The monoisotopic (exact) mass is 159 g/mol. The lowest BCUT2D eigenvalue weighted by Crippen LogP contribution is -2.50. The molecule has 64 valence electrons. The highest BCUT2D eigenvalue weighted by Gasteiger charge is 2.22. The molecule has 1 amide bonds. The minimum atomic E-state index is -0.310. The summed E-state index contributed by atoms with van der Waals surface area (Å²) in [4.78, 5) is 11.1. The molecule has 0 spiro atoms. The van der Waals surface area contributed by atoms with Crippen LogP contribution in [0.4, 0.5) is 0 Å². The maximum Gasteiger partial charge on any atom is 0.225 e. The Morgan fingerprint density at radius 1 is 1.82 bits per heavy atom. The zero-order chi connectivity index (χ0) is 8.27. The molecule has 0 aromatic heterocycles. The molecule has 0 aromatic carbocycles. The van der Waals surface area contributed by atoms with Crippen molar-refractivity contribution in [3.8, 4) is 0 Å². The minimum absolute atomic E-state index is 0.0965. The fourth-order valence-electron chi connectivity index (χ4n) is 0.745. The average molecular weight is 159 g/mol. The molecule has 1 aliphatic heterocycles. The Bertz CT molecular complexity index is 145. The Morgan fingerprint density at radius 3 is 2.82 bits per heavy atom. The first-order valence-electron chi connectivity index (χ1n) is 3.73. The van der Waals surface area contributed by atoms with E-state index < -0.39 is 0 Å². The van der Waals surface area contributed by atoms with Gasteiger partial charge in [-0.1, -0.05) is 6.92 Å². The second kappa shape index (κ2) is 3.69. The molecule has 1 aliphatic rings. The summed E-state index contributed by atoms with van der Waals surface area (Å²) in [6.45, 7) is 2.79. The third kappa shape index (κ3) is 2.17. The van der Waals surface area contributed by atoms with Crippen LogP contribution in [0.3, 0.4) is 0 Å². The highest BCUT2D eigenvalue weighted by atomic mass is 16.5. The number of hydrogen-bond acceptors (Lipinski definition) is 3. The first-order valence-corrected chi connectivity index (χ1v) is 3.73. The number of hydrogen-bond donors (Lipinski definition) is 2. The Hall–Kier alpha value is -0.610. The van der Waals surface area contributed by atoms with Crippen LogP contribution < -0.4 is 5.32 Å². The summed E-state index contributed by atoms with van der Waals surface area (Å²) in [7, 11) is 0. The fourth-order valence-corrected chi connectivity index (χ4v) is 0.745. The zero-order valence-corrected chi connectivity index (χ0v) is 6.54. The van der Waals surface area contributed by atoms with E-state index in [-0.39, 0.29) is 24.5 Å². The number of amides is 1. The molecular formula is C7H13NO3. The topological polar surface area (TPSA) is 58.6 Å². The molecule has 1 rings (SSSR count). The zero-order valence-electron chi connectivity index (χ0n) is 6.54. The van der Waals surface area contributed by atoms with Gasteiger partial charge < -0.3 is 15.2 Å². The second-order valence-corrected chi connectivity index (χ2v) is 2.83. The quantitative estimate of drug-likeness (QED) is 0.562. The Kier molecular flexibility index (Phi) is 2.84. The van der Waals surface area contributed by atoms with E-state index in [1.807, 2.05) is 0 Å². The van der Waals surface area contributed by atoms with Gasteiger partial charge in [-0.3, -0.25) is 4.79 Å². The standard InChI is InChI=1S/C7H13NO3/c1-5(2-9)7(10)8-6-3-11-4-6/h5-6,9H,2-4H2,1H3,(H,8,10). The molecule has 11 heavy (non-hydrogen) atoms. The number of rotatable bonds is 3. The Morgan fingerprint density at radius 2 is 2.45 bits per heavy atom. The lowest BCUT2D eigenvalue weighted by molar-refractivity contribution is -0.129. The van der Waals surface area contributed by atoms with Gasteiger partial charge >= 0.3 is 0 Å². The van der Waals surface area contributed by atoms with Crippen LogP contribution in [0.1, 0.15) is 6.92 Å². The lowest BCUT2D eigenvalue weighted by Gasteiger charge is -2.27. The van der Waals surface area contributed by atoms with Crippen LogP contribution >= 0.6 is 0 Å². The average Bonchev–Trinajstić information content (AvgIpc) is 1.94. The fraction of sp³-hybridized carbons (Fsp3) is 0.857. The van der Waals surface area contributed by atoms with Gasteiger partial charge in [0.05, 0.1) is 31.8 Å². The van der Waals surface area contributed by atoms with Gasteiger partial charge in [0.15, 0.2) is 0 Å². The molecule has 1 fully saturated rings. The minimum Gasteiger partial charge on any atom is -0.396 e. The maximum absolute atomic E-state index is 11.1. The molecule has 0 saturated carbocycles. The Balaban J connectivity index is 2.19. The van der Waals surface area contributed by atoms with E-state index in [0.717, 1.165) is 0 Å². The molecule has 1 heterocycles. The number of aliphatic hydroxyl groups excluding tert-OH is 1. The van der Waals surface area contributed by atoms with Crippen molar-refractivity contribution in [2.45, 2.75) is 13.0 Å². The molecule has 1 saturated heterocycles. The van der Waals surface area contributed by atoms with Crippen LogP contribution in [0.15, 0.2) is 0 Å². The van der Waals surface area contributed by atoms with Crippen molar-refractivity contribution in [1.29, 1.82) is 0 Å². The molecule has 1 atom stereocenters. The molecule has 0 radical (unpaired) electrons. The summed E-state index contributed by atoms with van der Waals surface area (Å²) in [6, 6.07) is 0.163. The van der Waals surface area contributed by atoms with E-state index in [4.69, 9.17) is 9.84 Å². The van der Waals surface area contributed by atoms with E-state index in [0.29, 0.717) is 13.2 Å². The third-order valence-electron chi connectivity index (χ3n) is 1.71. The number of carbonyl (C=O) groups is 1. The lowest BCUT2D eigenvalue weighted by atomic mass is 10.1. The van der Waals surface area contributed by atoms with Gasteiger partial charge in [-0.15, -0.1) is 0 Å².